The minimum Gasteiger partial charge on any atom is -0.374 e. The Balaban J connectivity index is 1.66. The maximum absolute atomic E-state index is 5.77. The van der Waals surface area contributed by atoms with Gasteiger partial charge >= 0.3 is 0 Å². The van der Waals surface area contributed by atoms with Crippen LogP contribution >= 0.6 is 0 Å². The van der Waals surface area contributed by atoms with Crippen LogP contribution in [-0.4, -0.2) is 88.6 Å². The summed E-state index contributed by atoms with van der Waals surface area (Å²) in [5, 5.41) is 3.36. The van der Waals surface area contributed by atoms with Crippen molar-refractivity contribution in [2.75, 3.05) is 66.6 Å². The molecule has 2 rings (SSSR count). The van der Waals surface area contributed by atoms with Crippen LogP contribution in [0.25, 0.3) is 0 Å². The van der Waals surface area contributed by atoms with E-state index in [1.54, 1.807) is 0 Å². The summed E-state index contributed by atoms with van der Waals surface area (Å²) in [5.74, 6) is 0. The second-order valence-corrected chi connectivity index (χ2v) is 5.17. The van der Waals surface area contributed by atoms with E-state index in [0.29, 0.717) is 12.2 Å². The molecule has 2 unspecified atom stereocenters. The lowest BCUT2D eigenvalue weighted by Gasteiger charge is -2.34. The van der Waals surface area contributed by atoms with Gasteiger partial charge in [0.15, 0.2) is 0 Å². The molecular weight excluding hydrogens is 218 g/mol. The Morgan fingerprint density at radius 3 is 2.71 bits per heavy atom. The van der Waals surface area contributed by atoms with Crippen molar-refractivity contribution in [1.29, 1.82) is 0 Å². The van der Waals surface area contributed by atoms with Crippen molar-refractivity contribution >= 4 is 0 Å². The first kappa shape index (κ1) is 13.2. The van der Waals surface area contributed by atoms with Crippen LogP contribution in [0.15, 0.2) is 0 Å². The summed E-state index contributed by atoms with van der Waals surface area (Å²) in [5.41, 5.74) is 0. The maximum Gasteiger partial charge on any atom is 0.0829 e. The molecule has 5 heteroatoms. The average molecular weight is 243 g/mol. The van der Waals surface area contributed by atoms with E-state index in [1.807, 2.05) is 0 Å². The van der Waals surface area contributed by atoms with Gasteiger partial charge in [0.2, 0.25) is 0 Å². The molecule has 5 nitrogen and oxygen atoms in total. The van der Waals surface area contributed by atoms with Gasteiger partial charge in [0.1, 0.15) is 0 Å². The first-order valence-electron chi connectivity index (χ1n) is 6.55. The topological polar surface area (TPSA) is 37.0 Å². The normalized spacial score (nSPS) is 31.9. The lowest BCUT2D eigenvalue weighted by molar-refractivity contribution is -0.0437. The SMILES string of the molecule is CN1CCOC(CN(C)CC2CNCCO2)C1. The zero-order valence-corrected chi connectivity index (χ0v) is 11.0. The van der Waals surface area contributed by atoms with Gasteiger partial charge in [-0.25, -0.2) is 0 Å². The Labute approximate surface area is 104 Å². The fraction of sp³-hybridized carbons (Fsp3) is 1.00. The number of ether oxygens (including phenoxy) is 2. The molecule has 2 atom stereocenters. The minimum absolute atomic E-state index is 0.329. The predicted molar refractivity (Wildman–Crippen MR) is 67.3 cm³/mol. The highest BCUT2D eigenvalue weighted by Gasteiger charge is 2.21. The molecule has 0 amide bonds. The third-order valence-corrected chi connectivity index (χ3v) is 3.38. The quantitative estimate of drug-likeness (QED) is 0.702. The zero-order chi connectivity index (χ0) is 12.1. The summed E-state index contributed by atoms with van der Waals surface area (Å²) in [6.07, 6.45) is 0.672. The van der Waals surface area contributed by atoms with Crippen LogP contribution in [0.3, 0.4) is 0 Å². The molecule has 0 bridgehead atoms. The van der Waals surface area contributed by atoms with E-state index < -0.39 is 0 Å². The Morgan fingerprint density at radius 2 is 2.00 bits per heavy atom. The van der Waals surface area contributed by atoms with Gasteiger partial charge in [0, 0.05) is 39.3 Å². The molecule has 17 heavy (non-hydrogen) atoms. The highest BCUT2D eigenvalue weighted by atomic mass is 16.5. The number of hydrogen-bond acceptors (Lipinski definition) is 5. The first-order chi connectivity index (χ1) is 8.24. The van der Waals surface area contributed by atoms with Crippen LogP contribution in [-0.2, 0) is 9.47 Å². The molecule has 2 heterocycles. The largest absolute Gasteiger partial charge is 0.374 e. The van der Waals surface area contributed by atoms with Crippen molar-refractivity contribution in [3.63, 3.8) is 0 Å². The standard InChI is InChI=1S/C12H25N3O2/c1-14-4-6-17-12(9-14)10-15(2)8-11-7-13-3-5-16-11/h11-13H,3-10H2,1-2H3. The molecular formula is C12H25N3O2. The van der Waals surface area contributed by atoms with Gasteiger partial charge in [-0.3, -0.25) is 0 Å². The van der Waals surface area contributed by atoms with Gasteiger partial charge in [-0.05, 0) is 14.1 Å². The van der Waals surface area contributed by atoms with Crippen molar-refractivity contribution in [2.45, 2.75) is 12.2 Å². The Bertz CT molecular complexity index is 222. The van der Waals surface area contributed by atoms with Crippen LogP contribution in [0, 0.1) is 0 Å². The molecule has 2 saturated heterocycles. The van der Waals surface area contributed by atoms with E-state index in [4.69, 9.17) is 9.47 Å². The predicted octanol–water partition coefficient (Wildman–Crippen LogP) is -0.763. The molecule has 0 radical (unpaired) electrons. The molecule has 2 aliphatic heterocycles. The number of nitrogens with one attached hydrogen (secondary N) is 1. The van der Waals surface area contributed by atoms with Crippen molar-refractivity contribution in [2.24, 2.45) is 0 Å². The van der Waals surface area contributed by atoms with Gasteiger partial charge in [-0.1, -0.05) is 0 Å². The van der Waals surface area contributed by atoms with Gasteiger partial charge in [-0.15, -0.1) is 0 Å². The Morgan fingerprint density at radius 1 is 1.24 bits per heavy atom. The van der Waals surface area contributed by atoms with E-state index in [-0.39, 0.29) is 0 Å². The van der Waals surface area contributed by atoms with Crippen molar-refractivity contribution < 1.29 is 9.47 Å². The Kier molecular flexibility index (Phi) is 5.18. The number of likely N-dealkylation sites (N-methyl/N-ethyl adjacent to an activating group) is 2. The molecule has 0 aliphatic carbocycles. The molecule has 2 aliphatic rings. The fourth-order valence-electron chi connectivity index (χ4n) is 2.48. The molecule has 0 saturated carbocycles. The minimum atomic E-state index is 0.329. The monoisotopic (exact) mass is 243 g/mol. The van der Waals surface area contributed by atoms with Crippen LogP contribution in [0.4, 0.5) is 0 Å². The molecule has 2 fully saturated rings. The third kappa shape index (κ3) is 4.52. The van der Waals surface area contributed by atoms with Crippen LogP contribution in [0.1, 0.15) is 0 Å². The van der Waals surface area contributed by atoms with Crippen molar-refractivity contribution in [1.82, 2.24) is 15.1 Å². The molecule has 1 N–H and O–H groups in total. The van der Waals surface area contributed by atoms with Crippen LogP contribution in [0.5, 0.6) is 0 Å². The fourth-order valence-corrected chi connectivity index (χ4v) is 2.48. The van der Waals surface area contributed by atoms with Gasteiger partial charge in [0.25, 0.3) is 0 Å². The number of hydrogen-bond donors (Lipinski definition) is 1. The summed E-state index contributed by atoms with van der Waals surface area (Å²) < 4.78 is 11.5. The summed E-state index contributed by atoms with van der Waals surface area (Å²) in [7, 11) is 4.31. The Hall–Kier alpha value is -0.200. The van der Waals surface area contributed by atoms with Gasteiger partial charge in [0.05, 0.1) is 25.4 Å². The number of nitrogens with zero attached hydrogens (tertiary/aromatic N) is 2. The van der Waals surface area contributed by atoms with Crippen LogP contribution < -0.4 is 5.32 Å². The zero-order valence-electron chi connectivity index (χ0n) is 11.0. The maximum atomic E-state index is 5.77. The molecule has 0 aromatic carbocycles. The highest BCUT2D eigenvalue weighted by molar-refractivity contribution is 4.75. The van der Waals surface area contributed by atoms with Crippen molar-refractivity contribution in [3.8, 4) is 0 Å². The van der Waals surface area contributed by atoms with E-state index in [0.717, 1.165) is 52.5 Å². The second-order valence-electron chi connectivity index (χ2n) is 5.17. The van der Waals surface area contributed by atoms with Gasteiger partial charge in [-0.2, -0.15) is 0 Å². The van der Waals surface area contributed by atoms with E-state index in [2.05, 4.69) is 29.2 Å². The lowest BCUT2D eigenvalue weighted by atomic mass is 10.2. The summed E-state index contributed by atoms with van der Waals surface area (Å²) in [4.78, 5) is 4.65. The summed E-state index contributed by atoms with van der Waals surface area (Å²) >= 11 is 0. The van der Waals surface area contributed by atoms with Crippen molar-refractivity contribution in [3.05, 3.63) is 0 Å². The summed E-state index contributed by atoms with van der Waals surface area (Å²) in [6, 6.07) is 0. The van der Waals surface area contributed by atoms with Gasteiger partial charge < -0.3 is 24.6 Å². The molecule has 100 valence electrons. The molecule has 0 spiro atoms. The van der Waals surface area contributed by atoms with E-state index in [9.17, 15) is 0 Å². The number of morpholine rings is 2. The van der Waals surface area contributed by atoms with Crippen LogP contribution in [0.2, 0.25) is 0 Å². The number of rotatable bonds is 4. The summed E-state index contributed by atoms with van der Waals surface area (Å²) in [6.45, 7) is 7.70. The highest BCUT2D eigenvalue weighted by Crippen LogP contribution is 2.06. The molecule has 0 aromatic rings. The molecule has 0 aromatic heterocycles. The average Bonchev–Trinajstić information content (AvgIpc) is 2.30. The second kappa shape index (κ2) is 6.66. The lowest BCUT2D eigenvalue weighted by Crippen LogP contribution is -2.49. The smallest absolute Gasteiger partial charge is 0.0829 e. The third-order valence-electron chi connectivity index (χ3n) is 3.38. The van der Waals surface area contributed by atoms with E-state index >= 15 is 0 Å². The van der Waals surface area contributed by atoms with E-state index in [1.165, 1.54) is 0 Å². The first-order valence-corrected chi connectivity index (χ1v) is 6.55.